The van der Waals surface area contributed by atoms with E-state index in [-0.39, 0.29) is 0 Å². The highest BCUT2D eigenvalue weighted by molar-refractivity contribution is 9.10. The lowest BCUT2D eigenvalue weighted by molar-refractivity contribution is 1.02. The van der Waals surface area contributed by atoms with Gasteiger partial charge in [0.15, 0.2) is 0 Å². The summed E-state index contributed by atoms with van der Waals surface area (Å²) in [5, 5.41) is 1.16. The minimum absolute atomic E-state index is 0.432. The van der Waals surface area contributed by atoms with Gasteiger partial charge in [0.1, 0.15) is 11.0 Å². The first-order valence-corrected chi connectivity index (χ1v) is 7.24. The Hall–Kier alpha value is -0.290. The van der Waals surface area contributed by atoms with E-state index in [0.29, 0.717) is 21.2 Å². The third-order valence-electron chi connectivity index (χ3n) is 1.92. The van der Waals surface area contributed by atoms with Crippen molar-refractivity contribution in [2.45, 2.75) is 10.6 Å². The summed E-state index contributed by atoms with van der Waals surface area (Å²) in [5.41, 5.74) is 0. The normalized spacial score (nSPS) is 10.5. The van der Waals surface area contributed by atoms with Crippen LogP contribution in [0.3, 0.4) is 0 Å². The molecule has 0 radical (unpaired) electrons. The quantitative estimate of drug-likeness (QED) is 0.585. The van der Waals surface area contributed by atoms with Crippen LogP contribution in [0.5, 0.6) is 0 Å². The Balaban J connectivity index is 2.05. The minimum atomic E-state index is 0.432. The Morgan fingerprint density at radius 3 is 2.82 bits per heavy atom. The molecule has 2 rings (SSSR count). The van der Waals surface area contributed by atoms with Crippen LogP contribution in [0.15, 0.2) is 39.8 Å². The van der Waals surface area contributed by atoms with Crippen molar-refractivity contribution in [3.05, 3.63) is 50.9 Å². The summed E-state index contributed by atoms with van der Waals surface area (Å²) in [6.45, 7) is 0. The van der Waals surface area contributed by atoms with Gasteiger partial charge in [0, 0.05) is 16.1 Å². The van der Waals surface area contributed by atoms with Gasteiger partial charge in [-0.2, -0.15) is 0 Å². The first-order valence-electron chi connectivity index (χ1n) is 4.70. The van der Waals surface area contributed by atoms with Gasteiger partial charge in [-0.05, 0) is 34.1 Å². The zero-order valence-electron chi connectivity index (χ0n) is 8.53. The molecule has 0 spiro atoms. The van der Waals surface area contributed by atoms with Crippen molar-refractivity contribution in [2.24, 2.45) is 0 Å². The molecular weight excluding hydrogens is 343 g/mol. The van der Waals surface area contributed by atoms with Gasteiger partial charge in [-0.25, -0.2) is 9.97 Å². The van der Waals surface area contributed by atoms with Gasteiger partial charge in [0.05, 0.1) is 10.2 Å². The number of halogens is 3. The van der Waals surface area contributed by atoms with Gasteiger partial charge >= 0.3 is 0 Å². The van der Waals surface area contributed by atoms with E-state index in [1.165, 1.54) is 0 Å². The van der Waals surface area contributed by atoms with E-state index >= 15 is 0 Å². The summed E-state index contributed by atoms with van der Waals surface area (Å²) < 4.78 is 0.704. The largest absolute Gasteiger partial charge is 0.239 e. The zero-order chi connectivity index (χ0) is 12.3. The lowest BCUT2D eigenvalue weighted by atomic mass is 10.4. The Bertz CT molecular complexity index is 537. The third kappa shape index (κ3) is 3.85. The van der Waals surface area contributed by atoms with Crippen molar-refractivity contribution in [1.29, 1.82) is 0 Å². The average Bonchev–Trinajstić information content (AvgIpc) is 2.31. The van der Waals surface area contributed by atoms with Crippen LogP contribution in [-0.4, -0.2) is 9.97 Å². The summed E-state index contributed by atoms with van der Waals surface area (Å²) >= 11 is 16.7. The average molecular weight is 350 g/mol. The van der Waals surface area contributed by atoms with Gasteiger partial charge in [-0.15, -0.1) is 11.8 Å². The third-order valence-corrected chi connectivity index (χ3v) is 4.24. The number of thioether (sulfide) groups is 1. The highest BCUT2D eigenvalue weighted by Gasteiger charge is 2.03. The van der Waals surface area contributed by atoms with Crippen LogP contribution >= 0.6 is 50.9 Å². The summed E-state index contributed by atoms with van der Waals surface area (Å²) in [6.07, 6.45) is 1.66. The number of aromatic nitrogens is 2. The smallest absolute Gasteiger partial charge is 0.146 e. The predicted octanol–water partition coefficient (Wildman–Crippen LogP) is 4.84. The van der Waals surface area contributed by atoms with Gasteiger partial charge < -0.3 is 0 Å². The molecule has 0 bridgehead atoms. The molecule has 0 unspecified atom stereocenters. The Morgan fingerprint density at radius 1 is 1.29 bits per heavy atom. The molecule has 0 saturated carbocycles. The van der Waals surface area contributed by atoms with E-state index in [1.807, 2.05) is 24.3 Å². The molecule has 1 aromatic carbocycles. The molecule has 88 valence electrons. The van der Waals surface area contributed by atoms with Crippen molar-refractivity contribution in [2.75, 3.05) is 0 Å². The fourth-order valence-electron chi connectivity index (χ4n) is 1.15. The van der Waals surface area contributed by atoms with Gasteiger partial charge in [-0.1, -0.05) is 29.3 Å². The summed E-state index contributed by atoms with van der Waals surface area (Å²) in [7, 11) is 0. The Kier molecular flexibility index (Phi) is 4.68. The highest BCUT2D eigenvalue weighted by Crippen LogP contribution is 2.25. The Labute approximate surface area is 122 Å². The van der Waals surface area contributed by atoms with Crippen LogP contribution in [0.25, 0.3) is 0 Å². The molecule has 17 heavy (non-hydrogen) atoms. The predicted molar refractivity (Wildman–Crippen MR) is 75.8 cm³/mol. The molecule has 6 heteroatoms. The number of benzene rings is 1. The number of rotatable bonds is 3. The van der Waals surface area contributed by atoms with Crippen LogP contribution < -0.4 is 0 Å². The number of hydrogen-bond acceptors (Lipinski definition) is 3. The molecule has 0 aliphatic heterocycles. The number of hydrogen-bond donors (Lipinski definition) is 0. The van der Waals surface area contributed by atoms with Crippen LogP contribution in [-0.2, 0) is 5.75 Å². The molecule has 1 aromatic heterocycles. The van der Waals surface area contributed by atoms with Crippen molar-refractivity contribution in [1.82, 2.24) is 9.97 Å². The van der Waals surface area contributed by atoms with Crippen LogP contribution in [0.2, 0.25) is 10.2 Å². The second-order valence-corrected chi connectivity index (χ2v) is 5.87. The molecule has 0 fully saturated rings. The molecule has 1 heterocycles. The van der Waals surface area contributed by atoms with Gasteiger partial charge in [0.25, 0.3) is 0 Å². The fraction of sp³-hybridized carbons (Fsp3) is 0.0909. The van der Waals surface area contributed by atoms with Gasteiger partial charge in [0.2, 0.25) is 0 Å². The minimum Gasteiger partial charge on any atom is -0.239 e. The van der Waals surface area contributed by atoms with Crippen molar-refractivity contribution >= 4 is 50.9 Å². The fourth-order valence-corrected chi connectivity index (χ4v) is 2.57. The monoisotopic (exact) mass is 348 g/mol. The van der Waals surface area contributed by atoms with Gasteiger partial charge in [-0.3, -0.25) is 0 Å². The topological polar surface area (TPSA) is 25.8 Å². The molecule has 2 nitrogen and oxygen atoms in total. The van der Waals surface area contributed by atoms with E-state index in [4.69, 9.17) is 23.2 Å². The molecule has 0 N–H and O–H groups in total. The van der Waals surface area contributed by atoms with Crippen LogP contribution in [0.4, 0.5) is 0 Å². The van der Waals surface area contributed by atoms with Crippen molar-refractivity contribution in [3.63, 3.8) is 0 Å². The number of nitrogens with zero attached hydrogens (tertiary/aromatic N) is 2. The van der Waals surface area contributed by atoms with Crippen molar-refractivity contribution in [3.8, 4) is 0 Å². The molecule has 0 aliphatic rings. The zero-order valence-corrected chi connectivity index (χ0v) is 12.4. The summed E-state index contributed by atoms with van der Waals surface area (Å²) in [4.78, 5) is 9.43. The van der Waals surface area contributed by atoms with E-state index in [9.17, 15) is 0 Å². The summed E-state index contributed by atoms with van der Waals surface area (Å²) in [6, 6.07) is 7.67. The molecule has 2 aromatic rings. The second kappa shape index (κ2) is 6.05. The maximum atomic E-state index is 5.90. The van der Waals surface area contributed by atoms with E-state index < -0.39 is 0 Å². The standard InChI is InChI=1S/C11H7BrCl2N2S/c12-9-5-15-10(16-11(9)14)6-17-8-3-1-2-7(13)4-8/h1-5H,6H2. The maximum absolute atomic E-state index is 5.90. The summed E-state index contributed by atoms with van der Waals surface area (Å²) in [5.74, 6) is 1.36. The Morgan fingerprint density at radius 2 is 2.12 bits per heavy atom. The van der Waals surface area contributed by atoms with E-state index in [0.717, 1.165) is 9.92 Å². The first-order chi connectivity index (χ1) is 8.15. The van der Waals surface area contributed by atoms with Crippen LogP contribution in [0, 0.1) is 0 Å². The lowest BCUT2D eigenvalue weighted by Crippen LogP contribution is -1.92. The highest BCUT2D eigenvalue weighted by atomic mass is 79.9. The molecular formula is C11H7BrCl2N2S. The first kappa shape index (κ1) is 13.1. The SMILES string of the molecule is Clc1cccc(SCc2ncc(Br)c(Cl)n2)c1. The lowest BCUT2D eigenvalue weighted by Gasteiger charge is -2.02. The van der Waals surface area contributed by atoms with E-state index in [2.05, 4.69) is 25.9 Å². The maximum Gasteiger partial charge on any atom is 0.146 e. The molecule has 0 aliphatic carbocycles. The molecule has 0 saturated heterocycles. The van der Waals surface area contributed by atoms with E-state index in [1.54, 1.807) is 18.0 Å². The van der Waals surface area contributed by atoms with Crippen molar-refractivity contribution < 1.29 is 0 Å². The molecule has 0 amide bonds. The van der Waals surface area contributed by atoms with Crippen LogP contribution in [0.1, 0.15) is 5.82 Å². The second-order valence-electron chi connectivity index (χ2n) is 3.17. The molecule has 0 atom stereocenters.